The van der Waals surface area contributed by atoms with Crippen LogP contribution in [0, 0.1) is 0 Å². The monoisotopic (exact) mass is 223 g/mol. The maximum Gasteiger partial charge on any atom is 0.119 e. The normalized spacial score (nSPS) is 10.3. The predicted octanol–water partition coefficient (Wildman–Crippen LogP) is 2.41. The summed E-state index contributed by atoms with van der Waals surface area (Å²) in [6, 6.07) is 3.69. The van der Waals surface area contributed by atoms with E-state index in [0.29, 0.717) is 0 Å². The second kappa shape index (κ2) is 4.43. The summed E-state index contributed by atoms with van der Waals surface area (Å²) in [7, 11) is 0. The van der Waals surface area contributed by atoms with Crippen LogP contribution in [0.2, 0.25) is 0 Å². The van der Waals surface area contributed by atoms with E-state index in [2.05, 4.69) is 9.97 Å². The predicted molar refractivity (Wildman–Crippen MR) is 60.3 cm³/mol. The van der Waals surface area contributed by atoms with E-state index in [4.69, 9.17) is 5.73 Å². The standard InChI is InChI=1S/C9H9N3S2/c10-8-2-1-3-11-9(8)14-5-7-4-13-6-12-7/h1-4,6H,5,10H2. The average Bonchev–Trinajstić information content (AvgIpc) is 2.69. The molecule has 0 aliphatic rings. The molecule has 0 bridgehead atoms. The van der Waals surface area contributed by atoms with Crippen molar-refractivity contribution < 1.29 is 0 Å². The Labute approximate surface area is 90.4 Å². The van der Waals surface area contributed by atoms with E-state index < -0.39 is 0 Å². The smallest absolute Gasteiger partial charge is 0.119 e. The van der Waals surface area contributed by atoms with Gasteiger partial charge in [0.1, 0.15) is 5.03 Å². The molecule has 5 heteroatoms. The maximum atomic E-state index is 5.76. The minimum atomic E-state index is 0.729. The lowest BCUT2D eigenvalue weighted by atomic mass is 10.4. The van der Waals surface area contributed by atoms with Crippen molar-refractivity contribution in [3.05, 3.63) is 34.9 Å². The van der Waals surface area contributed by atoms with Crippen LogP contribution in [0.4, 0.5) is 5.69 Å². The van der Waals surface area contributed by atoms with Crippen molar-refractivity contribution in [2.24, 2.45) is 0 Å². The second-order valence-electron chi connectivity index (χ2n) is 2.67. The molecule has 0 spiro atoms. The number of rotatable bonds is 3. The highest BCUT2D eigenvalue weighted by molar-refractivity contribution is 7.98. The minimum absolute atomic E-state index is 0.729. The third-order valence-electron chi connectivity index (χ3n) is 1.64. The van der Waals surface area contributed by atoms with Crippen LogP contribution >= 0.6 is 23.1 Å². The number of nitrogen functional groups attached to an aromatic ring is 1. The Hall–Kier alpha value is -1.07. The van der Waals surface area contributed by atoms with Gasteiger partial charge in [-0.05, 0) is 12.1 Å². The van der Waals surface area contributed by atoms with Crippen molar-refractivity contribution in [1.82, 2.24) is 9.97 Å². The first-order valence-electron chi connectivity index (χ1n) is 4.06. The van der Waals surface area contributed by atoms with E-state index in [1.807, 2.05) is 23.0 Å². The fourth-order valence-corrected chi connectivity index (χ4v) is 2.45. The summed E-state index contributed by atoms with van der Waals surface area (Å²) in [5.74, 6) is 0.824. The maximum absolute atomic E-state index is 5.76. The summed E-state index contributed by atoms with van der Waals surface area (Å²) in [5, 5.41) is 2.91. The first kappa shape index (κ1) is 9.48. The molecule has 3 nitrogen and oxygen atoms in total. The largest absolute Gasteiger partial charge is 0.397 e. The summed E-state index contributed by atoms with van der Waals surface area (Å²) >= 11 is 3.22. The van der Waals surface area contributed by atoms with E-state index in [-0.39, 0.29) is 0 Å². The van der Waals surface area contributed by atoms with Gasteiger partial charge in [0, 0.05) is 17.3 Å². The molecule has 2 N–H and O–H groups in total. The van der Waals surface area contributed by atoms with Gasteiger partial charge in [0.15, 0.2) is 0 Å². The number of hydrogen-bond donors (Lipinski definition) is 1. The van der Waals surface area contributed by atoms with Gasteiger partial charge >= 0.3 is 0 Å². The fourth-order valence-electron chi connectivity index (χ4n) is 0.975. The van der Waals surface area contributed by atoms with Crippen LogP contribution in [0.1, 0.15) is 5.69 Å². The van der Waals surface area contributed by atoms with Crippen molar-refractivity contribution in [2.75, 3.05) is 5.73 Å². The number of aromatic nitrogens is 2. The number of nitrogens with zero attached hydrogens (tertiary/aromatic N) is 2. The lowest BCUT2D eigenvalue weighted by Gasteiger charge is -2.01. The molecule has 0 atom stereocenters. The first-order chi connectivity index (χ1) is 6.86. The van der Waals surface area contributed by atoms with Crippen molar-refractivity contribution in [3.63, 3.8) is 0 Å². The van der Waals surface area contributed by atoms with Gasteiger partial charge in [0.05, 0.1) is 16.9 Å². The molecule has 0 amide bonds. The van der Waals surface area contributed by atoms with Crippen LogP contribution in [0.15, 0.2) is 34.2 Å². The van der Waals surface area contributed by atoms with Crippen LogP contribution in [0.3, 0.4) is 0 Å². The molecule has 2 aromatic heterocycles. The van der Waals surface area contributed by atoms with Gasteiger partial charge in [-0.2, -0.15) is 0 Å². The van der Waals surface area contributed by atoms with E-state index in [9.17, 15) is 0 Å². The number of thioether (sulfide) groups is 1. The fraction of sp³-hybridized carbons (Fsp3) is 0.111. The summed E-state index contributed by atoms with van der Waals surface area (Å²) in [6.45, 7) is 0. The highest BCUT2D eigenvalue weighted by Gasteiger charge is 2.01. The van der Waals surface area contributed by atoms with Crippen molar-refractivity contribution >= 4 is 28.8 Å². The van der Waals surface area contributed by atoms with Gasteiger partial charge in [-0.15, -0.1) is 11.3 Å². The highest BCUT2D eigenvalue weighted by Crippen LogP contribution is 2.25. The quantitative estimate of drug-likeness (QED) is 0.812. The van der Waals surface area contributed by atoms with Gasteiger partial charge in [-0.3, -0.25) is 0 Å². The molecule has 14 heavy (non-hydrogen) atoms. The summed E-state index contributed by atoms with van der Waals surface area (Å²) in [5.41, 5.74) is 9.39. The second-order valence-corrected chi connectivity index (χ2v) is 4.35. The van der Waals surface area contributed by atoms with Crippen LogP contribution in [0.25, 0.3) is 0 Å². The van der Waals surface area contributed by atoms with Gasteiger partial charge in [0.2, 0.25) is 0 Å². The molecule has 0 aliphatic carbocycles. The minimum Gasteiger partial charge on any atom is -0.397 e. The lowest BCUT2D eigenvalue weighted by molar-refractivity contribution is 1.13. The zero-order chi connectivity index (χ0) is 9.80. The number of anilines is 1. The van der Waals surface area contributed by atoms with E-state index >= 15 is 0 Å². The summed E-state index contributed by atoms with van der Waals surface area (Å²) in [4.78, 5) is 8.38. The van der Waals surface area contributed by atoms with Crippen LogP contribution in [-0.4, -0.2) is 9.97 Å². The molecule has 0 radical (unpaired) electrons. The zero-order valence-corrected chi connectivity index (χ0v) is 9.02. The first-order valence-corrected chi connectivity index (χ1v) is 5.99. The Balaban J connectivity index is 2.02. The molecule has 0 saturated carbocycles. The van der Waals surface area contributed by atoms with Gasteiger partial charge < -0.3 is 5.73 Å². The third kappa shape index (κ3) is 2.24. The molecule has 2 heterocycles. The van der Waals surface area contributed by atoms with Gasteiger partial charge in [-0.1, -0.05) is 11.8 Å². The zero-order valence-electron chi connectivity index (χ0n) is 7.38. The SMILES string of the molecule is Nc1cccnc1SCc1cscn1. The molecular formula is C9H9N3S2. The number of pyridine rings is 1. The third-order valence-corrected chi connectivity index (χ3v) is 3.33. The Morgan fingerprint density at radius 2 is 2.36 bits per heavy atom. The molecule has 2 rings (SSSR count). The number of nitrogens with two attached hydrogens (primary N) is 1. The van der Waals surface area contributed by atoms with Crippen LogP contribution in [0.5, 0.6) is 0 Å². The van der Waals surface area contributed by atoms with Crippen molar-refractivity contribution in [3.8, 4) is 0 Å². The average molecular weight is 223 g/mol. The topological polar surface area (TPSA) is 51.8 Å². The van der Waals surface area contributed by atoms with E-state index in [1.54, 1.807) is 29.3 Å². The molecule has 0 aromatic carbocycles. The molecule has 0 fully saturated rings. The van der Waals surface area contributed by atoms with Crippen molar-refractivity contribution in [1.29, 1.82) is 0 Å². The summed E-state index contributed by atoms with van der Waals surface area (Å²) < 4.78 is 0. The Morgan fingerprint density at radius 1 is 1.43 bits per heavy atom. The molecule has 72 valence electrons. The lowest BCUT2D eigenvalue weighted by Crippen LogP contribution is -1.91. The van der Waals surface area contributed by atoms with Crippen molar-refractivity contribution in [2.45, 2.75) is 10.8 Å². The van der Waals surface area contributed by atoms with Crippen LogP contribution in [-0.2, 0) is 5.75 Å². The van der Waals surface area contributed by atoms with E-state index in [0.717, 1.165) is 22.2 Å². The molecule has 0 unspecified atom stereocenters. The van der Waals surface area contributed by atoms with Crippen LogP contribution < -0.4 is 5.73 Å². The Kier molecular flexibility index (Phi) is 3.00. The van der Waals surface area contributed by atoms with E-state index in [1.165, 1.54) is 0 Å². The highest BCUT2D eigenvalue weighted by atomic mass is 32.2. The molecule has 0 aliphatic heterocycles. The van der Waals surface area contributed by atoms with Gasteiger partial charge in [0.25, 0.3) is 0 Å². The van der Waals surface area contributed by atoms with Gasteiger partial charge in [-0.25, -0.2) is 9.97 Å². The molecule has 2 aromatic rings. The molecular weight excluding hydrogens is 214 g/mol. The number of hydrogen-bond acceptors (Lipinski definition) is 5. The Bertz CT molecular complexity index is 400. The molecule has 0 saturated heterocycles. The summed E-state index contributed by atoms with van der Waals surface area (Å²) in [6.07, 6.45) is 1.75. The Morgan fingerprint density at radius 3 is 3.07 bits per heavy atom. The number of thiazole rings is 1.